The van der Waals surface area contributed by atoms with Crippen molar-refractivity contribution >= 4 is 0 Å². The van der Waals surface area contributed by atoms with Gasteiger partial charge in [-0.15, -0.1) is 0 Å². The lowest BCUT2D eigenvalue weighted by Crippen LogP contribution is -2.07. The van der Waals surface area contributed by atoms with Crippen LogP contribution < -0.4 is 4.74 Å². The summed E-state index contributed by atoms with van der Waals surface area (Å²) in [5.74, 6) is 0.642. The Bertz CT molecular complexity index is 591. The molecule has 112 valence electrons. The molecule has 2 aromatic rings. The zero-order valence-corrected chi connectivity index (χ0v) is 11.4. The normalized spacial score (nSPS) is 13.0. The second kappa shape index (κ2) is 6.18. The summed E-state index contributed by atoms with van der Waals surface area (Å²) < 4.78 is 42.6. The number of aliphatic hydroxyl groups is 1. The van der Waals surface area contributed by atoms with Gasteiger partial charge >= 0.3 is 6.18 Å². The first-order valence-corrected chi connectivity index (χ1v) is 6.39. The molecule has 0 heterocycles. The summed E-state index contributed by atoms with van der Waals surface area (Å²) in [6, 6.07) is 11.7. The van der Waals surface area contributed by atoms with Crippen molar-refractivity contribution in [3.63, 3.8) is 0 Å². The standard InChI is InChI=1S/C16H15F3O2/c1-21-15-5-3-2-4-12(15)10-14(20)11-6-8-13(9-7-11)16(17,18)19/h2-9,14,20H,10H2,1H3. The average Bonchev–Trinajstić information content (AvgIpc) is 2.47. The second-order valence-corrected chi connectivity index (χ2v) is 4.65. The first kappa shape index (κ1) is 15.4. The molecule has 0 aliphatic carbocycles. The van der Waals surface area contributed by atoms with Gasteiger partial charge in [0.2, 0.25) is 0 Å². The van der Waals surface area contributed by atoms with Crippen LogP contribution >= 0.6 is 0 Å². The van der Waals surface area contributed by atoms with E-state index in [1.807, 2.05) is 18.2 Å². The molecule has 2 aromatic carbocycles. The SMILES string of the molecule is COc1ccccc1CC(O)c1ccc(C(F)(F)F)cc1. The van der Waals surface area contributed by atoms with Gasteiger partial charge in [0.25, 0.3) is 0 Å². The Morgan fingerprint density at radius 2 is 1.67 bits per heavy atom. The summed E-state index contributed by atoms with van der Waals surface area (Å²) in [5, 5.41) is 10.2. The Balaban J connectivity index is 2.15. The molecule has 0 saturated carbocycles. The summed E-state index contributed by atoms with van der Waals surface area (Å²) >= 11 is 0. The number of para-hydroxylation sites is 1. The minimum absolute atomic E-state index is 0.273. The molecule has 0 aliphatic rings. The van der Waals surface area contributed by atoms with Crippen LogP contribution in [-0.4, -0.2) is 12.2 Å². The van der Waals surface area contributed by atoms with Crippen LogP contribution in [0.3, 0.4) is 0 Å². The molecule has 0 aliphatic heterocycles. The van der Waals surface area contributed by atoms with E-state index >= 15 is 0 Å². The zero-order valence-electron chi connectivity index (χ0n) is 11.4. The quantitative estimate of drug-likeness (QED) is 0.924. The largest absolute Gasteiger partial charge is 0.496 e. The molecule has 0 amide bonds. The van der Waals surface area contributed by atoms with Crippen molar-refractivity contribution in [3.05, 3.63) is 65.2 Å². The van der Waals surface area contributed by atoms with Crippen molar-refractivity contribution in [2.75, 3.05) is 7.11 Å². The molecule has 0 fully saturated rings. The number of ether oxygens (including phenoxy) is 1. The fourth-order valence-corrected chi connectivity index (χ4v) is 2.09. The third-order valence-corrected chi connectivity index (χ3v) is 3.23. The number of hydrogen-bond donors (Lipinski definition) is 1. The lowest BCUT2D eigenvalue weighted by molar-refractivity contribution is -0.137. The van der Waals surface area contributed by atoms with Crippen LogP contribution in [0.1, 0.15) is 22.8 Å². The molecule has 0 aromatic heterocycles. The van der Waals surface area contributed by atoms with E-state index in [-0.39, 0.29) is 6.42 Å². The van der Waals surface area contributed by atoms with Gasteiger partial charge in [-0.1, -0.05) is 30.3 Å². The summed E-state index contributed by atoms with van der Waals surface area (Å²) in [4.78, 5) is 0. The fraction of sp³-hybridized carbons (Fsp3) is 0.250. The molecule has 0 bridgehead atoms. The van der Waals surface area contributed by atoms with E-state index in [0.29, 0.717) is 11.3 Å². The number of methoxy groups -OCH3 is 1. The maximum atomic E-state index is 12.5. The number of rotatable bonds is 4. The highest BCUT2D eigenvalue weighted by molar-refractivity contribution is 5.35. The number of alkyl halides is 3. The van der Waals surface area contributed by atoms with Crippen LogP contribution in [0, 0.1) is 0 Å². The zero-order chi connectivity index (χ0) is 15.5. The van der Waals surface area contributed by atoms with Gasteiger partial charge in [0.1, 0.15) is 5.75 Å². The van der Waals surface area contributed by atoms with Gasteiger partial charge in [-0.2, -0.15) is 13.2 Å². The fourth-order valence-electron chi connectivity index (χ4n) is 2.09. The number of aliphatic hydroxyl groups excluding tert-OH is 1. The van der Waals surface area contributed by atoms with Gasteiger partial charge in [0, 0.05) is 6.42 Å². The highest BCUT2D eigenvalue weighted by Gasteiger charge is 2.30. The third kappa shape index (κ3) is 3.76. The van der Waals surface area contributed by atoms with Gasteiger partial charge in [0.15, 0.2) is 0 Å². The van der Waals surface area contributed by atoms with Gasteiger partial charge in [-0.3, -0.25) is 0 Å². The molecule has 0 spiro atoms. The first-order valence-electron chi connectivity index (χ1n) is 6.39. The minimum Gasteiger partial charge on any atom is -0.496 e. The summed E-state index contributed by atoms with van der Waals surface area (Å²) in [6.07, 6.45) is -4.98. The molecular weight excluding hydrogens is 281 g/mol. The van der Waals surface area contributed by atoms with E-state index in [2.05, 4.69) is 0 Å². The molecular formula is C16H15F3O2. The smallest absolute Gasteiger partial charge is 0.416 e. The lowest BCUT2D eigenvalue weighted by atomic mass is 9.99. The highest BCUT2D eigenvalue weighted by atomic mass is 19.4. The average molecular weight is 296 g/mol. The van der Waals surface area contributed by atoms with Crippen LogP contribution in [0.25, 0.3) is 0 Å². The van der Waals surface area contributed by atoms with Gasteiger partial charge in [-0.05, 0) is 29.3 Å². The number of halogens is 3. The lowest BCUT2D eigenvalue weighted by Gasteiger charge is -2.14. The maximum absolute atomic E-state index is 12.5. The van der Waals surface area contributed by atoms with Gasteiger partial charge in [-0.25, -0.2) is 0 Å². The Kier molecular flexibility index (Phi) is 4.53. The van der Waals surface area contributed by atoms with E-state index in [1.54, 1.807) is 6.07 Å². The van der Waals surface area contributed by atoms with Crippen molar-refractivity contribution in [1.82, 2.24) is 0 Å². The highest BCUT2D eigenvalue weighted by Crippen LogP contribution is 2.31. The Labute approximate surface area is 120 Å². The van der Waals surface area contributed by atoms with E-state index in [9.17, 15) is 18.3 Å². The van der Waals surface area contributed by atoms with E-state index in [1.165, 1.54) is 19.2 Å². The summed E-state index contributed by atoms with van der Waals surface area (Å²) in [5.41, 5.74) is 0.511. The van der Waals surface area contributed by atoms with Crippen LogP contribution in [0.4, 0.5) is 13.2 Å². The molecule has 1 unspecified atom stereocenters. The molecule has 2 nitrogen and oxygen atoms in total. The predicted molar refractivity (Wildman–Crippen MR) is 73.1 cm³/mol. The van der Waals surface area contributed by atoms with Crippen molar-refractivity contribution in [3.8, 4) is 5.75 Å². The van der Waals surface area contributed by atoms with Crippen molar-refractivity contribution in [2.24, 2.45) is 0 Å². The van der Waals surface area contributed by atoms with Crippen LogP contribution in [0.2, 0.25) is 0 Å². The molecule has 5 heteroatoms. The Morgan fingerprint density at radius 3 is 2.24 bits per heavy atom. The Morgan fingerprint density at radius 1 is 1.05 bits per heavy atom. The maximum Gasteiger partial charge on any atom is 0.416 e. The van der Waals surface area contributed by atoms with Gasteiger partial charge < -0.3 is 9.84 Å². The molecule has 1 N–H and O–H groups in total. The molecule has 0 saturated heterocycles. The van der Waals surface area contributed by atoms with Crippen molar-refractivity contribution in [1.29, 1.82) is 0 Å². The van der Waals surface area contributed by atoms with E-state index in [4.69, 9.17) is 4.74 Å². The topological polar surface area (TPSA) is 29.5 Å². The van der Waals surface area contributed by atoms with Crippen LogP contribution in [0.15, 0.2) is 48.5 Å². The first-order chi connectivity index (χ1) is 9.91. The molecule has 21 heavy (non-hydrogen) atoms. The van der Waals surface area contributed by atoms with Crippen LogP contribution in [0.5, 0.6) is 5.75 Å². The third-order valence-electron chi connectivity index (χ3n) is 3.23. The van der Waals surface area contributed by atoms with Crippen molar-refractivity contribution in [2.45, 2.75) is 18.7 Å². The van der Waals surface area contributed by atoms with E-state index in [0.717, 1.165) is 17.7 Å². The molecule has 0 radical (unpaired) electrons. The summed E-state index contributed by atoms with van der Waals surface area (Å²) in [7, 11) is 1.53. The van der Waals surface area contributed by atoms with E-state index < -0.39 is 17.8 Å². The minimum atomic E-state index is -4.37. The molecule has 2 rings (SSSR count). The van der Waals surface area contributed by atoms with Crippen LogP contribution in [-0.2, 0) is 12.6 Å². The number of hydrogen-bond acceptors (Lipinski definition) is 2. The predicted octanol–water partition coefficient (Wildman–Crippen LogP) is 3.99. The second-order valence-electron chi connectivity index (χ2n) is 4.65. The number of benzene rings is 2. The van der Waals surface area contributed by atoms with Gasteiger partial charge in [0.05, 0.1) is 18.8 Å². The van der Waals surface area contributed by atoms with Crippen molar-refractivity contribution < 1.29 is 23.0 Å². The summed E-state index contributed by atoms with van der Waals surface area (Å²) in [6.45, 7) is 0. The molecule has 1 atom stereocenters. The monoisotopic (exact) mass is 296 g/mol. The Hall–Kier alpha value is -2.01.